The molecule has 0 radical (unpaired) electrons. The number of nitrogens with zero attached hydrogens (tertiary/aromatic N) is 4. The lowest BCUT2D eigenvalue weighted by molar-refractivity contribution is -0.120. The van der Waals surface area contributed by atoms with Crippen molar-refractivity contribution in [1.82, 2.24) is 9.80 Å². The van der Waals surface area contributed by atoms with Gasteiger partial charge in [0.15, 0.2) is 11.5 Å². The van der Waals surface area contributed by atoms with Crippen LogP contribution in [0.1, 0.15) is 23.1 Å². The Kier molecular flexibility index (Phi) is 9.35. The predicted molar refractivity (Wildman–Crippen MR) is 136 cm³/mol. The molecular weight excluding hydrogens is 444 g/mol. The van der Waals surface area contributed by atoms with E-state index in [2.05, 4.69) is 21.9 Å². The number of amides is 1. The van der Waals surface area contributed by atoms with Crippen LogP contribution in [-0.4, -0.2) is 76.3 Å². The van der Waals surface area contributed by atoms with Gasteiger partial charge in [-0.2, -0.15) is 5.26 Å². The summed E-state index contributed by atoms with van der Waals surface area (Å²) in [6.07, 6.45) is 0.305. The summed E-state index contributed by atoms with van der Waals surface area (Å²) in [6.45, 7) is 8.77. The normalized spacial score (nSPS) is 14.3. The monoisotopic (exact) mass is 480 g/mol. The number of carbonyl (C=O) groups excluding carboxylic acids is 1. The lowest BCUT2D eigenvalue weighted by Gasteiger charge is -2.35. The maximum Gasteiger partial charge on any atom is 0.241 e. The smallest absolute Gasteiger partial charge is 0.241 e. The molecule has 3 rings (SSSR count). The zero-order valence-electron chi connectivity index (χ0n) is 21.5. The zero-order valence-corrected chi connectivity index (χ0v) is 21.5. The van der Waals surface area contributed by atoms with Gasteiger partial charge in [0.2, 0.25) is 11.7 Å². The van der Waals surface area contributed by atoms with Gasteiger partial charge >= 0.3 is 0 Å². The second-order valence-electron chi connectivity index (χ2n) is 8.85. The Morgan fingerprint density at radius 1 is 0.943 bits per heavy atom. The van der Waals surface area contributed by atoms with Crippen LogP contribution in [0.4, 0.5) is 5.69 Å². The summed E-state index contributed by atoms with van der Waals surface area (Å²) in [5.41, 5.74) is 4.11. The largest absolute Gasteiger partial charge is 0.493 e. The molecular formula is C27H36N4O4. The van der Waals surface area contributed by atoms with Gasteiger partial charge in [-0.25, -0.2) is 0 Å². The average Bonchev–Trinajstić information content (AvgIpc) is 2.84. The number of methoxy groups -OCH3 is 3. The molecule has 1 aliphatic rings. The van der Waals surface area contributed by atoms with E-state index in [1.807, 2.05) is 38.1 Å². The molecule has 1 saturated heterocycles. The standard InChI is InChI=1S/C27H36N4O4/c1-20-15-21(2)17-23(16-20)31(10-6-9-28)25(32)19-30-13-11-29(12-14-30)18-22-7-8-24(33-3)27(35-5)26(22)34-4/h7-8,15-17H,6,10-14,18-19H2,1-5H3. The third kappa shape index (κ3) is 6.65. The van der Waals surface area contributed by atoms with Crippen molar-refractivity contribution in [2.75, 3.05) is 65.5 Å². The molecule has 1 heterocycles. The summed E-state index contributed by atoms with van der Waals surface area (Å²) in [6, 6.07) is 12.2. The first kappa shape index (κ1) is 26.3. The Balaban J connectivity index is 1.62. The molecule has 0 unspecified atom stereocenters. The Labute approximate surface area is 208 Å². The van der Waals surface area contributed by atoms with Crippen molar-refractivity contribution >= 4 is 11.6 Å². The second-order valence-corrected chi connectivity index (χ2v) is 8.85. The van der Waals surface area contributed by atoms with Crippen molar-refractivity contribution in [3.8, 4) is 23.3 Å². The molecule has 1 amide bonds. The van der Waals surface area contributed by atoms with Crippen molar-refractivity contribution in [3.05, 3.63) is 47.0 Å². The number of anilines is 1. The van der Waals surface area contributed by atoms with Crippen LogP contribution in [0.2, 0.25) is 0 Å². The Morgan fingerprint density at radius 3 is 2.14 bits per heavy atom. The average molecular weight is 481 g/mol. The Bertz CT molecular complexity index is 1040. The molecule has 2 aromatic carbocycles. The van der Waals surface area contributed by atoms with Gasteiger partial charge in [-0.15, -0.1) is 0 Å². The molecule has 0 atom stereocenters. The van der Waals surface area contributed by atoms with Crippen molar-refractivity contribution in [2.45, 2.75) is 26.8 Å². The van der Waals surface area contributed by atoms with Crippen molar-refractivity contribution in [2.24, 2.45) is 0 Å². The van der Waals surface area contributed by atoms with E-state index in [9.17, 15) is 4.79 Å². The highest BCUT2D eigenvalue weighted by Crippen LogP contribution is 2.40. The van der Waals surface area contributed by atoms with E-state index in [-0.39, 0.29) is 5.91 Å². The maximum absolute atomic E-state index is 13.2. The molecule has 8 heteroatoms. The minimum atomic E-state index is 0.0280. The number of benzene rings is 2. The van der Waals surface area contributed by atoms with Gasteiger partial charge < -0.3 is 19.1 Å². The van der Waals surface area contributed by atoms with Gasteiger partial charge in [-0.3, -0.25) is 14.6 Å². The SMILES string of the molecule is COc1ccc(CN2CCN(CC(=O)N(CCC#N)c3cc(C)cc(C)c3)CC2)c(OC)c1OC. The van der Waals surface area contributed by atoms with Gasteiger partial charge in [0, 0.05) is 50.5 Å². The minimum Gasteiger partial charge on any atom is -0.493 e. The molecule has 0 saturated carbocycles. The van der Waals surface area contributed by atoms with Crippen LogP contribution in [-0.2, 0) is 11.3 Å². The minimum absolute atomic E-state index is 0.0280. The lowest BCUT2D eigenvalue weighted by atomic mass is 10.1. The maximum atomic E-state index is 13.2. The molecule has 1 fully saturated rings. The molecule has 8 nitrogen and oxygen atoms in total. The van der Waals surface area contributed by atoms with E-state index < -0.39 is 0 Å². The number of nitriles is 1. The predicted octanol–water partition coefficient (Wildman–Crippen LogP) is 3.39. The number of carbonyl (C=O) groups is 1. The number of hydrogen-bond donors (Lipinski definition) is 0. The fraction of sp³-hybridized carbons (Fsp3) is 0.481. The van der Waals surface area contributed by atoms with Crippen molar-refractivity contribution in [1.29, 1.82) is 5.26 Å². The third-order valence-corrected chi connectivity index (χ3v) is 6.27. The first-order valence-electron chi connectivity index (χ1n) is 11.9. The molecule has 0 bridgehead atoms. The number of rotatable bonds is 10. The van der Waals surface area contributed by atoms with Crippen LogP contribution in [0.15, 0.2) is 30.3 Å². The summed E-state index contributed by atoms with van der Waals surface area (Å²) in [5, 5.41) is 9.10. The van der Waals surface area contributed by atoms with Crippen LogP contribution in [0.5, 0.6) is 17.2 Å². The molecule has 0 aromatic heterocycles. The van der Waals surface area contributed by atoms with Crippen LogP contribution in [0.25, 0.3) is 0 Å². The van der Waals surface area contributed by atoms with Crippen LogP contribution in [0, 0.1) is 25.2 Å². The van der Waals surface area contributed by atoms with Crippen LogP contribution in [0.3, 0.4) is 0 Å². The fourth-order valence-electron chi connectivity index (χ4n) is 4.58. The van der Waals surface area contributed by atoms with Gasteiger partial charge in [-0.05, 0) is 43.2 Å². The van der Waals surface area contributed by atoms with Gasteiger partial charge in [0.25, 0.3) is 0 Å². The van der Waals surface area contributed by atoms with Crippen LogP contribution >= 0.6 is 0 Å². The highest BCUT2D eigenvalue weighted by molar-refractivity contribution is 5.95. The number of ether oxygens (including phenoxy) is 3. The second kappa shape index (κ2) is 12.4. The summed E-state index contributed by atoms with van der Waals surface area (Å²) in [4.78, 5) is 19.5. The van der Waals surface area contributed by atoms with E-state index in [4.69, 9.17) is 19.5 Å². The molecule has 188 valence electrons. The zero-order chi connectivity index (χ0) is 25.4. The van der Waals surface area contributed by atoms with E-state index in [1.54, 1.807) is 26.2 Å². The lowest BCUT2D eigenvalue weighted by Crippen LogP contribution is -2.50. The van der Waals surface area contributed by atoms with Gasteiger partial charge in [-0.1, -0.05) is 12.1 Å². The van der Waals surface area contributed by atoms with E-state index in [0.29, 0.717) is 36.8 Å². The summed E-state index contributed by atoms with van der Waals surface area (Å²) in [7, 11) is 4.86. The van der Waals surface area contributed by atoms with Crippen molar-refractivity contribution in [3.63, 3.8) is 0 Å². The number of aryl methyl sites for hydroxylation is 2. The van der Waals surface area contributed by atoms with Gasteiger partial charge in [0.1, 0.15) is 0 Å². The molecule has 0 N–H and O–H groups in total. The molecule has 0 spiro atoms. The summed E-state index contributed by atoms with van der Waals surface area (Å²) >= 11 is 0. The topological polar surface area (TPSA) is 78.3 Å². The number of hydrogen-bond acceptors (Lipinski definition) is 7. The van der Waals surface area contributed by atoms with Crippen LogP contribution < -0.4 is 19.1 Å². The first-order chi connectivity index (χ1) is 16.9. The summed E-state index contributed by atoms with van der Waals surface area (Å²) < 4.78 is 16.5. The van der Waals surface area contributed by atoms with E-state index >= 15 is 0 Å². The van der Waals surface area contributed by atoms with Gasteiger partial charge in [0.05, 0.1) is 40.4 Å². The molecule has 2 aromatic rings. The quantitative estimate of drug-likeness (QED) is 0.516. The van der Waals surface area contributed by atoms with E-state index in [0.717, 1.165) is 55.1 Å². The molecule has 35 heavy (non-hydrogen) atoms. The Hall–Kier alpha value is -3.28. The summed E-state index contributed by atoms with van der Waals surface area (Å²) in [5.74, 6) is 1.95. The third-order valence-electron chi connectivity index (χ3n) is 6.27. The van der Waals surface area contributed by atoms with E-state index in [1.165, 1.54) is 0 Å². The highest BCUT2D eigenvalue weighted by Gasteiger charge is 2.24. The fourth-order valence-corrected chi connectivity index (χ4v) is 4.58. The molecule has 0 aliphatic carbocycles. The molecule has 1 aliphatic heterocycles. The first-order valence-corrected chi connectivity index (χ1v) is 11.9. The highest BCUT2D eigenvalue weighted by atomic mass is 16.5. The number of piperazine rings is 1. The van der Waals surface area contributed by atoms with Crippen molar-refractivity contribution < 1.29 is 19.0 Å². The Morgan fingerprint density at radius 2 is 1.57 bits per heavy atom.